The van der Waals surface area contributed by atoms with Crippen molar-refractivity contribution in [3.63, 3.8) is 0 Å². The minimum atomic E-state index is 0.463. The number of unbranched alkanes of at least 4 members (excludes halogenated alkanes) is 1. The van der Waals surface area contributed by atoms with Gasteiger partial charge in [-0.25, -0.2) is 0 Å². The number of hydrogen-bond acceptors (Lipinski definition) is 1. The average Bonchev–Trinajstić information content (AvgIpc) is 2.68. The summed E-state index contributed by atoms with van der Waals surface area (Å²) in [6, 6.07) is 8.27. The molecule has 2 N–H and O–H groups in total. The van der Waals surface area contributed by atoms with Gasteiger partial charge in [-0.3, -0.25) is 0 Å². The molecule has 2 rings (SSSR count). The predicted molar refractivity (Wildman–Crippen MR) is 72.7 cm³/mol. The number of fused-ring (bicyclic) bond motifs is 1. The quantitative estimate of drug-likeness (QED) is 0.821. The van der Waals surface area contributed by atoms with Gasteiger partial charge in [-0.2, -0.15) is 0 Å². The molecule has 1 aromatic heterocycles. The van der Waals surface area contributed by atoms with Crippen molar-refractivity contribution >= 4 is 28.1 Å². The van der Waals surface area contributed by atoms with Crippen molar-refractivity contribution in [3.8, 4) is 0 Å². The minimum absolute atomic E-state index is 0.463. The van der Waals surface area contributed by atoms with Crippen LogP contribution in [0.2, 0.25) is 0 Å². The number of aryl methyl sites for hydroxylation is 1. The number of rotatable bonds is 4. The van der Waals surface area contributed by atoms with Gasteiger partial charge in [0.1, 0.15) is 4.99 Å². The minimum Gasteiger partial charge on any atom is -0.389 e. The summed E-state index contributed by atoms with van der Waals surface area (Å²) in [4.78, 5) is 0.463. The Balaban J connectivity index is 2.43. The van der Waals surface area contributed by atoms with Crippen LogP contribution in [0.1, 0.15) is 25.3 Å². The Morgan fingerprint density at radius 2 is 2.19 bits per heavy atom. The van der Waals surface area contributed by atoms with Gasteiger partial charge in [-0.05, 0) is 23.9 Å². The fourth-order valence-electron chi connectivity index (χ4n) is 1.86. The maximum Gasteiger partial charge on any atom is 0.104 e. The van der Waals surface area contributed by atoms with E-state index in [9.17, 15) is 0 Å². The first-order valence-corrected chi connectivity index (χ1v) is 6.02. The van der Waals surface area contributed by atoms with Gasteiger partial charge in [-0.15, -0.1) is 0 Å². The Morgan fingerprint density at radius 3 is 2.88 bits per heavy atom. The van der Waals surface area contributed by atoms with E-state index in [4.69, 9.17) is 18.0 Å². The summed E-state index contributed by atoms with van der Waals surface area (Å²) < 4.78 is 2.26. The van der Waals surface area contributed by atoms with Crippen molar-refractivity contribution in [2.75, 3.05) is 0 Å². The van der Waals surface area contributed by atoms with E-state index >= 15 is 0 Å². The van der Waals surface area contributed by atoms with Crippen LogP contribution in [0.5, 0.6) is 0 Å². The van der Waals surface area contributed by atoms with Crippen LogP contribution in [0.15, 0.2) is 30.5 Å². The van der Waals surface area contributed by atoms with E-state index in [0.29, 0.717) is 4.99 Å². The monoisotopic (exact) mass is 232 g/mol. The fraction of sp³-hybridized carbons (Fsp3) is 0.308. The van der Waals surface area contributed by atoms with E-state index in [-0.39, 0.29) is 0 Å². The van der Waals surface area contributed by atoms with E-state index in [0.717, 1.165) is 12.1 Å². The standard InChI is InChI=1S/C13H16N2S/c1-2-3-7-15-8-6-10-4-5-11(13(14)16)9-12(10)15/h4-6,8-9H,2-3,7H2,1H3,(H2,14,16). The number of aromatic nitrogens is 1. The maximum absolute atomic E-state index is 5.65. The van der Waals surface area contributed by atoms with Crippen molar-refractivity contribution < 1.29 is 0 Å². The van der Waals surface area contributed by atoms with Gasteiger partial charge in [0.15, 0.2) is 0 Å². The first-order chi connectivity index (χ1) is 7.72. The molecule has 0 amide bonds. The average molecular weight is 232 g/mol. The summed E-state index contributed by atoms with van der Waals surface area (Å²) >= 11 is 5.00. The Bertz CT molecular complexity index is 514. The topological polar surface area (TPSA) is 30.9 Å². The first kappa shape index (κ1) is 11.1. The van der Waals surface area contributed by atoms with Crippen molar-refractivity contribution in [2.45, 2.75) is 26.3 Å². The highest BCUT2D eigenvalue weighted by atomic mass is 32.1. The van der Waals surface area contributed by atoms with E-state index < -0.39 is 0 Å². The summed E-state index contributed by atoms with van der Waals surface area (Å²) in [5.74, 6) is 0. The molecule has 0 atom stereocenters. The largest absolute Gasteiger partial charge is 0.389 e. The molecule has 2 nitrogen and oxygen atoms in total. The number of thiocarbonyl (C=S) groups is 1. The molecule has 2 aromatic rings. The van der Waals surface area contributed by atoms with Gasteiger partial charge in [0.25, 0.3) is 0 Å². The molecular formula is C13H16N2S. The van der Waals surface area contributed by atoms with Gasteiger partial charge in [-0.1, -0.05) is 37.7 Å². The molecule has 0 saturated heterocycles. The van der Waals surface area contributed by atoms with Crippen molar-refractivity contribution in [3.05, 3.63) is 36.0 Å². The zero-order valence-corrected chi connectivity index (χ0v) is 10.3. The van der Waals surface area contributed by atoms with Crippen LogP contribution in [-0.4, -0.2) is 9.56 Å². The van der Waals surface area contributed by atoms with Gasteiger partial charge in [0.05, 0.1) is 0 Å². The lowest BCUT2D eigenvalue weighted by Crippen LogP contribution is -2.09. The lowest BCUT2D eigenvalue weighted by molar-refractivity contribution is 0.650. The van der Waals surface area contributed by atoms with Crippen LogP contribution in [0.25, 0.3) is 10.9 Å². The van der Waals surface area contributed by atoms with Crippen LogP contribution < -0.4 is 5.73 Å². The van der Waals surface area contributed by atoms with Crippen LogP contribution >= 0.6 is 12.2 Å². The van der Waals surface area contributed by atoms with E-state index in [2.05, 4.69) is 35.9 Å². The van der Waals surface area contributed by atoms with Crippen molar-refractivity contribution in [1.29, 1.82) is 0 Å². The summed E-state index contributed by atoms with van der Waals surface area (Å²) in [5, 5.41) is 1.25. The molecule has 0 fully saturated rings. The Morgan fingerprint density at radius 1 is 1.38 bits per heavy atom. The van der Waals surface area contributed by atoms with Crippen LogP contribution in [-0.2, 0) is 6.54 Å². The third-order valence-electron chi connectivity index (χ3n) is 2.81. The molecule has 3 heteroatoms. The molecule has 0 aliphatic carbocycles. The highest BCUT2D eigenvalue weighted by Crippen LogP contribution is 2.18. The van der Waals surface area contributed by atoms with Gasteiger partial charge >= 0.3 is 0 Å². The molecule has 0 saturated carbocycles. The smallest absolute Gasteiger partial charge is 0.104 e. The predicted octanol–water partition coefficient (Wildman–Crippen LogP) is 3.08. The second kappa shape index (κ2) is 4.66. The number of hydrogen-bond donors (Lipinski definition) is 1. The summed E-state index contributed by atoms with van der Waals surface area (Å²) in [5.41, 5.74) is 7.81. The van der Waals surface area contributed by atoms with Crippen LogP contribution in [0, 0.1) is 0 Å². The maximum atomic E-state index is 5.65. The summed E-state index contributed by atoms with van der Waals surface area (Å²) in [7, 11) is 0. The second-order valence-corrected chi connectivity index (χ2v) is 4.44. The van der Waals surface area contributed by atoms with Gasteiger partial charge in [0.2, 0.25) is 0 Å². The molecule has 0 bridgehead atoms. The molecule has 16 heavy (non-hydrogen) atoms. The number of nitrogens with zero attached hydrogens (tertiary/aromatic N) is 1. The third-order valence-corrected chi connectivity index (χ3v) is 3.05. The summed E-state index contributed by atoms with van der Waals surface area (Å²) in [6.45, 7) is 3.26. The number of nitrogens with two attached hydrogens (primary N) is 1. The zero-order chi connectivity index (χ0) is 11.5. The molecule has 0 spiro atoms. The third kappa shape index (κ3) is 2.09. The number of benzene rings is 1. The van der Waals surface area contributed by atoms with Crippen molar-refractivity contribution in [1.82, 2.24) is 4.57 Å². The van der Waals surface area contributed by atoms with Crippen LogP contribution in [0.3, 0.4) is 0 Å². The molecule has 0 radical (unpaired) electrons. The second-order valence-electron chi connectivity index (χ2n) is 4.00. The van der Waals surface area contributed by atoms with Gasteiger partial charge in [0, 0.05) is 23.8 Å². The first-order valence-electron chi connectivity index (χ1n) is 5.61. The van der Waals surface area contributed by atoms with Crippen LogP contribution in [0.4, 0.5) is 0 Å². The SMILES string of the molecule is CCCCn1ccc2ccc(C(N)=S)cc21. The normalized spacial score (nSPS) is 10.8. The van der Waals surface area contributed by atoms with E-state index in [1.54, 1.807) is 0 Å². The molecular weight excluding hydrogens is 216 g/mol. The molecule has 0 aliphatic heterocycles. The summed E-state index contributed by atoms with van der Waals surface area (Å²) in [6.07, 6.45) is 4.53. The van der Waals surface area contributed by atoms with E-state index in [1.165, 1.54) is 23.7 Å². The van der Waals surface area contributed by atoms with Crippen molar-refractivity contribution in [2.24, 2.45) is 5.73 Å². The molecule has 0 aliphatic rings. The highest BCUT2D eigenvalue weighted by Gasteiger charge is 2.03. The highest BCUT2D eigenvalue weighted by molar-refractivity contribution is 7.80. The Labute approximate surface area is 101 Å². The Kier molecular flexibility index (Phi) is 3.25. The molecule has 1 aromatic carbocycles. The lowest BCUT2D eigenvalue weighted by Gasteiger charge is -2.05. The lowest BCUT2D eigenvalue weighted by atomic mass is 10.1. The van der Waals surface area contributed by atoms with E-state index in [1.807, 2.05) is 6.07 Å². The molecule has 1 heterocycles. The molecule has 0 unspecified atom stereocenters. The zero-order valence-electron chi connectivity index (χ0n) is 9.44. The van der Waals surface area contributed by atoms with Gasteiger partial charge < -0.3 is 10.3 Å². The molecule has 84 valence electrons. The Hall–Kier alpha value is -1.35. The fourth-order valence-corrected chi connectivity index (χ4v) is 1.99.